The van der Waals surface area contributed by atoms with Crippen molar-refractivity contribution < 1.29 is 4.42 Å². The summed E-state index contributed by atoms with van der Waals surface area (Å²) >= 11 is 0. The van der Waals surface area contributed by atoms with Crippen LogP contribution in [0.1, 0.15) is 25.8 Å². The molecule has 2 aromatic heterocycles. The van der Waals surface area contributed by atoms with E-state index in [2.05, 4.69) is 20.5 Å². The fourth-order valence-corrected chi connectivity index (χ4v) is 1.50. The van der Waals surface area contributed by atoms with Gasteiger partial charge in [-0.1, -0.05) is 6.92 Å². The zero-order chi connectivity index (χ0) is 12.3. The van der Waals surface area contributed by atoms with Crippen LogP contribution >= 0.6 is 0 Å². The highest BCUT2D eigenvalue weighted by Gasteiger charge is 2.15. The second kappa shape index (κ2) is 4.92. The molecule has 17 heavy (non-hydrogen) atoms. The molecule has 2 aromatic rings. The number of aromatic nitrogens is 3. The number of H-pyrrole nitrogens is 1. The topological polar surface area (TPSA) is 83.8 Å². The predicted octanol–water partition coefficient (Wildman–Crippen LogP) is 1.10. The SMILES string of the molecule is CCNC(C)c1nnc(-c2c[nH]ccc2=O)o1. The zero-order valence-electron chi connectivity index (χ0n) is 9.73. The quantitative estimate of drug-likeness (QED) is 0.827. The van der Waals surface area contributed by atoms with E-state index in [1.165, 1.54) is 6.07 Å². The van der Waals surface area contributed by atoms with Crippen molar-refractivity contribution in [1.29, 1.82) is 0 Å². The molecule has 0 aliphatic heterocycles. The maximum absolute atomic E-state index is 11.6. The van der Waals surface area contributed by atoms with E-state index in [4.69, 9.17) is 4.42 Å². The molecule has 0 radical (unpaired) electrons. The maximum atomic E-state index is 11.6. The number of hydrogen-bond donors (Lipinski definition) is 2. The third-order valence-corrected chi connectivity index (χ3v) is 2.38. The van der Waals surface area contributed by atoms with Crippen LogP contribution in [0.2, 0.25) is 0 Å². The normalized spacial score (nSPS) is 12.6. The van der Waals surface area contributed by atoms with Crippen molar-refractivity contribution in [1.82, 2.24) is 20.5 Å². The molecule has 1 atom stereocenters. The van der Waals surface area contributed by atoms with Gasteiger partial charge in [-0.2, -0.15) is 0 Å². The van der Waals surface area contributed by atoms with E-state index >= 15 is 0 Å². The monoisotopic (exact) mass is 234 g/mol. The lowest BCUT2D eigenvalue weighted by molar-refractivity contribution is 0.428. The lowest BCUT2D eigenvalue weighted by atomic mass is 10.3. The molecule has 2 N–H and O–H groups in total. The van der Waals surface area contributed by atoms with E-state index in [-0.39, 0.29) is 17.4 Å². The van der Waals surface area contributed by atoms with Crippen molar-refractivity contribution in [2.24, 2.45) is 0 Å². The summed E-state index contributed by atoms with van der Waals surface area (Å²) < 4.78 is 5.46. The van der Waals surface area contributed by atoms with Crippen molar-refractivity contribution in [3.05, 3.63) is 34.6 Å². The highest BCUT2D eigenvalue weighted by Crippen LogP contribution is 2.16. The van der Waals surface area contributed by atoms with Crippen LogP contribution in [-0.2, 0) is 0 Å². The van der Waals surface area contributed by atoms with Crippen LogP contribution in [0, 0.1) is 0 Å². The highest BCUT2D eigenvalue weighted by atomic mass is 16.4. The summed E-state index contributed by atoms with van der Waals surface area (Å²) in [6.07, 6.45) is 3.11. The average molecular weight is 234 g/mol. The number of aromatic amines is 1. The van der Waals surface area contributed by atoms with Gasteiger partial charge in [0.1, 0.15) is 5.56 Å². The molecule has 0 saturated carbocycles. The summed E-state index contributed by atoms with van der Waals surface area (Å²) in [5, 5.41) is 11.0. The molecular formula is C11H14N4O2. The fourth-order valence-electron chi connectivity index (χ4n) is 1.50. The molecule has 0 amide bonds. The number of pyridine rings is 1. The molecule has 2 heterocycles. The van der Waals surface area contributed by atoms with Gasteiger partial charge < -0.3 is 14.7 Å². The molecule has 0 aliphatic rings. The predicted molar refractivity (Wildman–Crippen MR) is 62.4 cm³/mol. The molecule has 0 fully saturated rings. The molecule has 0 aliphatic carbocycles. The van der Waals surface area contributed by atoms with Crippen molar-refractivity contribution in [3.63, 3.8) is 0 Å². The van der Waals surface area contributed by atoms with E-state index < -0.39 is 0 Å². The molecule has 1 unspecified atom stereocenters. The summed E-state index contributed by atoms with van der Waals surface area (Å²) in [4.78, 5) is 14.4. The molecule has 0 saturated heterocycles. The van der Waals surface area contributed by atoms with Gasteiger partial charge in [0.25, 0.3) is 5.89 Å². The Morgan fingerprint density at radius 1 is 1.53 bits per heavy atom. The summed E-state index contributed by atoms with van der Waals surface area (Å²) in [5.74, 6) is 0.719. The van der Waals surface area contributed by atoms with Gasteiger partial charge in [-0.25, -0.2) is 0 Å². The van der Waals surface area contributed by atoms with Crippen LogP contribution in [0.25, 0.3) is 11.5 Å². The first-order valence-corrected chi connectivity index (χ1v) is 5.46. The molecule has 6 nitrogen and oxygen atoms in total. The third-order valence-electron chi connectivity index (χ3n) is 2.38. The van der Waals surface area contributed by atoms with Crippen LogP contribution in [0.5, 0.6) is 0 Å². The molecule has 6 heteroatoms. The fraction of sp³-hybridized carbons (Fsp3) is 0.364. The van der Waals surface area contributed by atoms with Crippen LogP contribution in [0.4, 0.5) is 0 Å². The van der Waals surface area contributed by atoms with E-state index in [0.29, 0.717) is 11.5 Å². The Bertz CT molecular complexity index is 546. The summed E-state index contributed by atoms with van der Waals surface area (Å²) in [6.45, 7) is 4.73. The standard InChI is InChI=1S/C11H14N4O2/c1-3-13-7(2)10-14-15-11(17-10)8-6-12-5-4-9(8)16/h4-7,13H,3H2,1-2H3,(H,12,16). The van der Waals surface area contributed by atoms with Gasteiger partial charge >= 0.3 is 0 Å². The van der Waals surface area contributed by atoms with Crippen molar-refractivity contribution >= 4 is 0 Å². The van der Waals surface area contributed by atoms with Gasteiger partial charge in [0.05, 0.1) is 6.04 Å². The third kappa shape index (κ3) is 2.42. The van der Waals surface area contributed by atoms with Gasteiger partial charge in [0, 0.05) is 18.5 Å². The first-order chi connectivity index (χ1) is 8.22. The highest BCUT2D eigenvalue weighted by molar-refractivity contribution is 5.49. The zero-order valence-corrected chi connectivity index (χ0v) is 9.73. The first kappa shape index (κ1) is 11.5. The second-order valence-corrected chi connectivity index (χ2v) is 3.65. The van der Waals surface area contributed by atoms with Crippen molar-refractivity contribution in [3.8, 4) is 11.5 Å². The van der Waals surface area contributed by atoms with Gasteiger partial charge in [0.2, 0.25) is 5.89 Å². The van der Waals surface area contributed by atoms with Gasteiger partial charge in [-0.05, 0) is 13.5 Å². The lowest BCUT2D eigenvalue weighted by Crippen LogP contribution is -2.17. The molecular weight excluding hydrogens is 220 g/mol. The number of nitrogens with one attached hydrogen (secondary N) is 2. The Morgan fingerprint density at radius 2 is 2.35 bits per heavy atom. The molecule has 90 valence electrons. The largest absolute Gasteiger partial charge is 0.419 e. The Labute approximate surface area is 98.1 Å². The van der Waals surface area contributed by atoms with E-state index in [1.807, 2.05) is 13.8 Å². The first-order valence-electron chi connectivity index (χ1n) is 5.46. The maximum Gasteiger partial charge on any atom is 0.253 e. The molecule has 2 rings (SSSR count). The van der Waals surface area contributed by atoms with Crippen LogP contribution in [-0.4, -0.2) is 21.7 Å². The van der Waals surface area contributed by atoms with Gasteiger partial charge in [-0.15, -0.1) is 10.2 Å². The van der Waals surface area contributed by atoms with Crippen LogP contribution < -0.4 is 10.7 Å². The van der Waals surface area contributed by atoms with Gasteiger partial charge in [-0.3, -0.25) is 4.79 Å². The Hall–Kier alpha value is -1.95. The van der Waals surface area contributed by atoms with E-state index in [1.54, 1.807) is 12.4 Å². The summed E-state index contributed by atoms with van der Waals surface area (Å²) in [7, 11) is 0. The minimum Gasteiger partial charge on any atom is -0.419 e. The minimum absolute atomic E-state index is 0.0240. The lowest BCUT2D eigenvalue weighted by Gasteiger charge is -2.05. The number of nitrogens with zero attached hydrogens (tertiary/aromatic N) is 2. The van der Waals surface area contributed by atoms with Crippen molar-refractivity contribution in [2.75, 3.05) is 6.54 Å². The Kier molecular flexibility index (Phi) is 3.34. The van der Waals surface area contributed by atoms with E-state index in [9.17, 15) is 4.79 Å². The van der Waals surface area contributed by atoms with Crippen LogP contribution in [0.15, 0.2) is 27.7 Å². The number of hydrogen-bond acceptors (Lipinski definition) is 5. The summed E-state index contributed by atoms with van der Waals surface area (Å²) in [5.41, 5.74) is 0.241. The van der Waals surface area contributed by atoms with E-state index in [0.717, 1.165) is 6.54 Å². The molecule has 0 aromatic carbocycles. The molecule has 0 bridgehead atoms. The average Bonchev–Trinajstić information content (AvgIpc) is 2.79. The second-order valence-electron chi connectivity index (χ2n) is 3.65. The van der Waals surface area contributed by atoms with Gasteiger partial charge in [0.15, 0.2) is 5.43 Å². The minimum atomic E-state index is -0.143. The molecule has 0 spiro atoms. The van der Waals surface area contributed by atoms with Crippen molar-refractivity contribution in [2.45, 2.75) is 19.9 Å². The van der Waals surface area contributed by atoms with Crippen LogP contribution in [0.3, 0.4) is 0 Å². The Morgan fingerprint density at radius 3 is 3.06 bits per heavy atom. The smallest absolute Gasteiger partial charge is 0.253 e. The Balaban J connectivity index is 2.30. The summed E-state index contributed by atoms with van der Waals surface area (Å²) in [6, 6.07) is 1.40. The number of rotatable bonds is 4.